The summed E-state index contributed by atoms with van der Waals surface area (Å²) in [6, 6.07) is 42.1. The van der Waals surface area contributed by atoms with Crippen LogP contribution in [0.2, 0.25) is 5.02 Å². The second-order valence-corrected chi connectivity index (χ2v) is 13.1. The molecule has 0 aliphatic carbocycles. The number of halogens is 1. The zero-order valence-corrected chi connectivity index (χ0v) is 29.8. The molecule has 0 bridgehead atoms. The van der Waals surface area contributed by atoms with Gasteiger partial charge < -0.3 is 25.4 Å². The quantitative estimate of drug-likeness (QED) is 0.0857. The third-order valence-electron chi connectivity index (χ3n) is 8.07. The highest BCUT2D eigenvalue weighted by Gasteiger charge is 2.24. The van der Waals surface area contributed by atoms with Crippen LogP contribution in [0, 0.1) is 0 Å². The molecule has 0 heterocycles. The molecule has 52 heavy (non-hydrogen) atoms. The van der Waals surface area contributed by atoms with Crippen LogP contribution in [0.3, 0.4) is 0 Å². The Kier molecular flexibility index (Phi) is 11.6. The Hall–Kier alpha value is -6.03. The Labute approximate surface area is 310 Å². The first kappa shape index (κ1) is 35.8. The smallest absolute Gasteiger partial charge is 0.272 e. The second-order valence-electron chi connectivity index (χ2n) is 11.5. The molecule has 0 saturated heterocycles. The lowest BCUT2D eigenvalue weighted by atomic mass is 10.0. The van der Waals surface area contributed by atoms with Gasteiger partial charge >= 0.3 is 0 Å². The summed E-state index contributed by atoms with van der Waals surface area (Å²) in [5, 5.41) is 10.3. The van der Waals surface area contributed by atoms with Gasteiger partial charge in [0.25, 0.3) is 11.8 Å². The molecule has 8 nitrogen and oxygen atoms in total. The number of nitrogens with one attached hydrogen (secondary N) is 3. The Morgan fingerprint density at radius 2 is 1.38 bits per heavy atom. The van der Waals surface area contributed by atoms with E-state index in [-0.39, 0.29) is 11.6 Å². The molecule has 6 aromatic rings. The lowest BCUT2D eigenvalue weighted by Gasteiger charge is -2.19. The van der Waals surface area contributed by atoms with Gasteiger partial charge in [0, 0.05) is 22.2 Å². The molecule has 10 heteroatoms. The third-order valence-corrected chi connectivity index (χ3v) is 9.61. The number of ether oxygens (including phenoxy) is 2. The van der Waals surface area contributed by atoms with Crippen molar-refractivity contribution in [2.45, 2.75) is 10.1 Å². The highest BCUT2D eigenvalue weighted by molar-refractivity contribution is 8.00. The van der Waals surface area contributed by atoms with Crippen molar-refractivity contribution in [3.63, 3.8) is 0 Å². The van der Waals surface area contributed by atoms with Crippen molar-refractivity contribution in [3.05, 3.63) is 167 Å². The maximum absolute atomic E-state index is 13.9. The minimum atomic E-state index is -0.690. The zero-order chi connectivity index (χ0) is 36.5. The molecule has 3 N–H and O–H groups in total. The van der Waals surface area contributed by atoms with E-state index in [0.717, 1.165) is 26.8 Å². The fourth-order valence-corrected chi connectivity index (χ4v) is 6.84. The average molecular weight is 728 g/mol. The predicted octanol–water partition coefficient (Wildman–Crippen LogP) is 9.39. The molecule has 0 fully saturated rings. The summed E-state index contributed by atoms with van der Waals surface area (Å²) in [6.45, 7) is 0. The number of carbonyl (C=O) groups is 3. The molecule has 1 unspecified atom stereocenters. The van der Waals surface area contributed by atoms with Crippen molar-refractivity contribution >= 4 is 69.3 Å². The molecule has 0 saturated carbocycles. The molecule has 0 radical (unpaired) electrons. The Morgan fingerprint density at radius 1 is 0.712 bits per heavy atom. The molecule has 1 atom stereocenters. The van der Waals surface area contributed by atoms with Gasteiger partial charge in [0.15, 0.2) is 0 Å². The van der Waals surface area contributed by atoms with E-state index in [1.54, 1.807) is 60.7 Å². The van der Waals surface area contributed by atoms with Gasteiger partial charge in [-0.05, 0) is 64.4 Å². The molecule has 6 aromatic carbocycles. The fraction of sp³-hybridized carbons (Fsp3) is 0.0714. The van der Waals surface area contributed by atoms with Gasteiger partial charge in [0.05, 0.1) is 24.9 Å². The number of hydrogen-bond donors (Lipinski definition) is 3. The van der Waals surface area contributed by atoms with Gasteiger partial charge in [-0.3, -0.25) is 14.4 Å². The van der Waals surface area contributed by atoms with E-state index in [4.69, 9.17) is 21.1 Å². The summed E-state index contributed by atoms with van der Waals surface area (Å²) < 4.78 is 10.8. The first-order valence-electron chi connectivity index (χ1n) is 16.2. The number of anilines is 2. The molecule has 260 valence electrons. The topological polar surface area (TPSA) is 106 Å². The van der Waals surface area contributed by atoms with Crippen molar-refractivity contribution in [2.75, 3.05) is 24.9 Å². The highest BCUT2D eigenvalue weighted by atomic mass is 35.5. The van der Waals surface area contributed by atoms with Crippen LogP contribution < -0.4 is 25.4 Å². The van der Waals surface area contributed by atoms with Crippen LogP contribution >= 0.6 is 23.4 Å². The summed E-state index contributed by atoms with van der Waals surface area (Å²) >= 11 is 7.69. The summed E-state index contributed by atoms with van der Waals surface area (Å²) in [7, 11) is 3.00. The van der Waals surface area contributed by atoms with Gasteiger partial charge in [-0.2, -0.15) is 0 Å². The number of thioether (sulfide) groups is 1. The van der Waals surface area contributed by atoms with Crippen LogP contribution in [-0.2, 0) is 9.59 Å². The maximum atomic E-state index is 13.9. The minimum absolute atomic E-state index is 0.0666. The first-order valence-corrected chi connectivity index (χ1v) is 17.5. The van der Waals surface area contributed by atoms with Gasteiger partial charge in [-0.1, -0.05) is 109 Å². The highest BCUT2D eigenvalue weighted by Crippen LogP contribution is 2.40. The van der Waals surface area contributed by atoms with Crippen LogP contribution in [0.5, 0.6) is 11.5 Å². The second kappa shape index (κ2) is 16.8. The molecule has 6 rings (SSSR count). The van der Waals surface area contributed by atoms with Crippen LogP contribution in [0.25, 0.3) is 16.8 Å². The molecule has 0 aliphatic rings. The van der Waals surface area contributed by atoms with Gasteiger partial charge in [0.1, 0.15) is 22.4 Å². The Morgan fingerprint density at radius 3 is 2.13 bits per heavy atom. The number of benzene rings is 6. The van der Waals surface area contributed by atoms with Crippen molar-refractivity contribution in [2.24, 2.45) is 0 Å². The molecule has 3 amide bonds. The molecule has 0 aliphatic heterocycles. The number of fused-ring (bicyclic) bond motifs is 1. The van der Waals surface area contributed by atoms with Crippen LogP contribution in [-0.4, -0.2) is 31.9 Å². The normalized spacial score (nSPS) is 11.7. The van der Waals surface area contributed by atoms with Crippen LogP contribution in [0.15, 0.2) is 150 Å². The summed E-state index contributed by atoms with van der Waals surface area (Å²) in [4.78, 5) is 41.8. The minimum Gasteiger partial charge on any atom is -0.495 e. The average Bonchev–Trinajstić information content (AvgIpc) is 3.17. The first-order chi connectivity index (χ1) is 25.3. The van der Waals surface area contributed by atoms with Crippen molar-refractivity contribution in [1.29, 1.82) is 0 Å². The standard InChI is InChI=1S/C42H34ClN3O5S/c1-50-37-26-38(51-2)35(25-34(37)43)45-42(49)39(28-14-5-3-6-15-28)52-32-21-12-20-31(24-32)44-41(48)36(46-40(47)29-16-7-4-8-17-29)23-30-19-11-18-27-13-9-10-22-33(27)30/h3-26,39H,1-2H3,(H,44,48)(H,45,49)(H,46,47)/b36-23+. The van der Waals surface area contributed by atoms with E-state index < -0.39 is 17.1 Å². The maximum Gasteiger partial charge on any atom is 0.272 e. The SMILES string of the molecule is COc1cc(OC)c(NC(=O)C(Sc2cccc(NC(=O)/C(=C\c3cccc4ccccc34)NC(=O)c3ccccc3)c2)c2ccccc2)cc1Cl. The number of carbonyl (C=O) groups excluding carboxylic acids is 3. The molecule has 0 aromatic heterocycles. The third kappa shape index (κ3) is 8.63. The monoisotopic (exact) mass is 727 g/mol. The molecular weight excluding hydrogens is 694 g/mol. The predicted molar refractivity (Wildman–Crippen MR) is 209 cm³/mol. The van der Waals surface area contributed by atoms with Crippen LogP contribution in [0.1, 0.15) is 26.7 Å². The van der Waals surface area contributed by atoms with Crippen molar-refractivity contribution in [1.82, 2.24) is 5.32 Å². The Bertz CT molecular complexity index is 2260. The largest absolute Gasteiger partial charge is 0.495 e. The van der Waals surface area contributed by atoms with Crippen molar-refractivity contribution in [3.8, 4) is 11.5 Å². The zero-order valence-electron chi connectivity index (χ0n) is 28.3. The number of methoxy groups -OCH3 is 2. The van der Waals surface area contributed by atoms with E-state index >= 15 is 0 Å². The van der Waals surface area contributed by atoms with Gasteiger partial charge in [-0.15, -0.1) is 11.8 Å². The Balaban J connectivity index is 1.27. The lowest BCUT2D eigenvalue weighted by Crippen LogP contribution is -2.30. The number of rotatable bonds is 12. The number of amides is 3. The summed E-state index contributed by atoms with van der Waals surface area (Å²) in [6.07, 6.45) is 1.67. The number of hydrogen-bond acceptors (Lipinski definition) is 6. The van der Waals surface area contributed by atoms with Gasteiger partial charge in [-0.25, -0.2) is 0 Å². The van der Waals surface area contributed by atoms with E-state index in [9.17, 15) is 14.4 Å². The van der Waals surface area contributed by atoms with Crippen molar-refractivity contribution < 1.29 is 23.9 Å². The lowest BCUT2D eigenvalue weighted by molar-refractivity contribution is -0.116. The van der Waals surface area contributed by atoms with E-state index in [0.29, 0.717) is 33.5 Å². The van der Waals surface area contributed by atoms with E-state index in [1.165, 1.54) is 26.0 Å². The fourth-order valence-electron chi connectivity index (χ4n) is 5.51. The van der Waals surface area contributed by atoms with E-state index in [1.807, 2.05) is 84.9 Å². The molecular formula is C42H34ClN3O5S. The van der Waals surface area contributed by atoms with Crippen LogP contribution in [0.4, 0.5) is 11.4 Å². The summed E-state index contributed by atoms with van der Waals surface area (Å²) in [5.74, 6) is -0.436. The molecule has 0 spiro atoms. The summed E-state index contributed by atoms with van der Waals surface area (Å²) in [5.41, 5.74) is 2.89. The van der Waals surface area contributed by atoms with Gasteiger partial charge in [0.2, 0.25) is 5.91 Å². The van der Waals surface area contributed by atoms with E-state index in [2.05, 4.69) is 16.0 Å².